The number of fused-ring (bicyclic) bond motifs is 1. The van der Waals surface area contributed by atoms with Gasteiger partial charge in [-0.15, -0.1) is 0 Å². The zero-order chi connectivity index (χ0) is 33.5. The zero-order valence-electron chi connectivity index (χ0n) is 26.9. The van der Waals surface area contributed by atoms with Crippen LogP contribution in [0, 0.1) is 5.92 Å². The minimum Gasteiger partial charge on any atom is -0.508 e. The average Bonchev–Trinajstić information content (AvgIpc) is 3.31. The molecule has 11 heteroatoms. The molecule has 1 aromatic heterocycles. The molecule has 0 aliphatic carbocycles. The molecular weight excluding hydrogens is 652 g/mol. The Balaban J connectivity index is 1.72. The minimum absolute atomic E-state index is 0.0446. The van der Waals surface area contributed by atoms with Gasteiger partial charge in [0.1, 0.15) is 17.8 Å². The first-order valence-electron chi connectivity index (χ1n) is 15.6. The summed E-state index contributed by atoms with van der Waals surface area (Å²) in [6.07, 6.45) is 2.99. The largest absolute Gasteiger partial charge is 0.508 e. The second kappa shape index (κ2) is 15.4. The van der Waals surface area contributed by atoms with Crippen molar-refractivity contribution in [3.8, 4) is 5.75 Å². The first kappa shape index (κ1) is 34.7. The first-order valence-corrected chi connectivity index (χ1v) is 16.4. The number of aromatic hydroxyl groups is 1. The van der Waals surface area contributed by atoms with Crippen LogP contribution in [0.1, 0.15) is 70.5 Å². The van der Waals surface area contributed by atoms with Crippen LogP contribution in [0.4, 0.5) is 0 Å². The molecule has 1 aliphatic rings. The van der Waals surface area contributed by atoms with Crippen LogP contribution in [-0.4, -0.2) is 63.9 Å². The smallest absolute Gasteiger partial charge is 0.308 e. The second-order valence-electron chi connectivity index (χ2n) is 12.3. The SMILES string of the molecule is C/C1=C\[C@H](C)C[C@H](C)OC(=O)C[C@H](c2ccc(O)cc2)NC(=O)[C@@H](Cc2c(Br)[nH]c3ccccc23)N(C)C(=O)[C@H](C)NC(=O)CC1. The number of amides is 3. The molecule has 2 heterocycles. The molecule has 0 fully saturated rings. The molecule has 0 spiro atoms. The summed E-state index contributed by atoms with van der Waals surface area (Å²) in [7, 11) is 1.54. The Morgan fingerprint density at radius 2 is 1.67 bits per heavy atom. The predicted octanol–water partition coefficient (Wildman–Crippen LogP) is 5.46. The fraction of sp³-hybridized carbons (Fsp3) is 0.429. The summed E-state index contributed by atoms with van der Waals surface area (Å²) in [5.41, 5.74) is 3.29. The normalized spacial score (nSPS) is 25.8. The average molecular weight is 696 g/mol. The van der Waals surface area contributed by atoms with E-state index < -0.39 is 35.9 Å². The molecule has 1 aliphatic heterocycles. The molecule has 0 saturated carbocycles. The van der Waals surface area contributed by atoms with Crippen molar-refractivity contribution in [1.29, 1.82) is 0 Å². The van der Waals surface area contributed by atoms with Crippen molar-refractivity contribution in [3.63, 3.8) is 0 Å². The molecular formula is C35H43BrN4O6. The van der Waals surface area contributed by atoms with Gasteiger partial charge in [0.2, 0.25) is 17.7 Å². The Labute approximate surface area is 278 Å². The molecule has 4 N–H and O–H groups in total. The lowest BCUT2D eigenvalue weighted by Gasteiger charge is -2.31. The molecule has 0 unspecified atom stereocenters. The van der Waals surface area contributed by atoms with Gasteiger partial charge in [-0.2, -0.15) is 0 Å². The number of phenolic OH excluding ortho intramolecular Hbond substituents is 1. The van der Waals surface area contributed by atoms with E-state index >= 15 is 0 Å². The van der Waals surface area contributed by atoms with Gasteiger partial charge < -0.3 is 30.4 Å². The van der Waals surface area contributed by atoms with E-state index in [1.165, 1.54) is 17.0 Å². The number of rotatable bonds is 3. The summed E-state index contributed by atoms with van der Waals surface area (Å²) in [5, 5.41) is 16.6. The summed E-state index contributed by atoms with van der Waals surface area (Å²) >= 11 is 3.59. The van der Waals surface area contributed by atoms with Crippen LogP contribution in [0.25, 0.3) is 10.9 Å². The van der Waals surface area contributed by atoms with Crippen LogP contribution < -0.4 is 10.6 Å². The van der Waals surface area contributed by atoms with Crippen LogP contribution in [-0.2, 0) is 30.3 Å². The van der Waals surface area contributed by atoms with E-state index in [-0.39, 0.29) is 42.9 Å². The van der Waals surface area contributed by atoms with Gasteiger partial charge in [0, 0.05) is 30.8 Å². The van der Waals surface area contributed by atoms with Crippen molar-refractivity contribution in [1.82, 2.24) is 20.5 Å². The Hall–Kier alpha value is -4.12. The summed E-state index contributed by atoms with van der Waals surface area (Å²) < 4.78 is 6.45. The molecule has 3 amide bonds. The summed E-state index contributed by atoms with van der Waals surface area (Å²) in [6, 6.07) is 11.2. The van der Waals surface area contributed by atoms with Crippen molar-refractivity contribution < 1.29 is 29.0 Å². The number of H-pyrrole nitrogens is 1. The lowest BCUT2D eigenvalue weighted by molar-refractivity contribution is -0.149. The van der Waals surface area contributed by atoms with Crippen molar-refractivity contribution >= 4 is 50.5 Å². The number of hydrogen-bond donors (Lipinski definition) is 4. The number of esters is 1. The number of para-hydroxylation sites is 1. The molecule has 0 saturated heterocycles. The number of aromatic amines is 1. The van der Waals surface area contributed by atoms with Gasteiger partial charge in [0.15, 0.2) is 0 Å². The predicted molar refractivity (Wildman–Crippen MR) is 180 cm³/mol. The van der Waals surface area contributed by atoms with E-state index in [2.05, 4.69) is 37.6 Å². The Morgan fingerprint density at radius 1 is 0.978 bits per heavy atom. The number of carbonyl (C=O) groups is 4. The highest BCUT2D eigenvalue weighted by Crippen LogP contribution is 2.29. The lowest BCUT2D eigenvalue weighted by atomic mass is 9.99. The van der Waals surface area contributed by atoms with Crippen LogP contribution in [0.3, 0.4) is 0 Å². The topological polar surface area (TPSA) is 141 Å². The summed E-state index contributed by atoms with van der Waals surface area (Å²) in [5.74, 6) is -1.53. The van der Waals surface area contributed by atoms with Gasteiger partial charge in [0.05, 0.1) is 23.2 Å². The molecule has 0 radical (unpaired) electrons. The third-order valence-corrected chi connectivity index (χ3v) is 9.04. The van der Waals surface area contributed by atoms with E-state index in [1.807, 2.05) is 45.0 Å². The van der Waals surface area contributed by atoms with Gasteiger partial charge in [0.25, 0.3) is 0 Å². The van der Waals surface area contributed by atoms with E-state index in [1.54, 1.807) is 26.1 Å². The number of phenols is 1. The Kier molecular flexibility index (Phi) is 11.7. The van der Waals surface area contributed by atoms with Crippen LogP contribution >= 0.6 is 15.9 Å². The number of benzene rings is 2. The summed E-state index contributed by atoms with van der Waals surface area (Å²) in [4.78, 5) is 58.7. The molecule has 4 rings (SSSR count). The van der Waals surface area contributed by atoms with Crippen LogP contribution in [0.2, 0.25) is 0 Å². The summed E-state index contributed by atoms with van der Waals surface area (Å²) in [6.45, 7) is 7.42. The monoisotopic (exact) mass is 694 g/mol. The maximum absolute atomic E-state index is 14.2. The standard InChI is InChI=1S/C35H43BrN4O6/c1-20-10-15-31(42)37-23(4)35(45)40(5)30(18-27-26-8-6-7-9-28(26)38-33(27)36)34(44)39-29(24-11-13-25(41)14-12-24)19-32(43)46-22(3)17-21(2)16-20/h6-9,11-14,16,21-23,29-30,38,41H,10,15,17-19H2,1-5H3,(H,37,42)(H,39,44)/b20-16+/t21-,22-,23-,29+,30+/m0/s1. The molecule has 0 bridgehead atoms. The number of aromatic nitrogens is 1. The first-order chi connectivity index (χ1) is 21.8. The quantitative estimate of drug-likeness (QED) is 0.212. The number of nitrogens with one attached hydrogen (secondary N) is 3. The van der Waals surface area contributed by atoms with E-state index in [9.17, 15) is 24.3 Å². The number of nitrogens with zero attached hydrogens (tertiary/aromatic N) is 1. The highest BCUT2D eigenvalue weighted by atomic mass is 79.9. The highest BCUT2D eigenvalue weighted by Gasteiger charge is 2.34. The molecule has 2 aromatic carbocycles. The molecule has 5 atom stereocenters. The third kappa shape index (κ3) is 8.99. The molecule has 3 aromatic rings. The number of allylic oxidation sites excluding steroid dienone is 2. The fourth-order valence-corrected chi connectivity index (χ4v) is 6.57. The second-order valence-corrected chi connectivity index (χ2v) is 13.1. The number of likely N-dealkylation sites (N-methyl/N-ethyl adjacent to an activating group) is 1. The maximum Gasteiger partial charge on any atom is 0.308 e. The zero-order valence-corrected chi connectivity index (χ0v) is 28.5. The van der Waals surface area contributed by atoms with E-state index in [0.29, 0.717) is 23.0 Å². The minimum atomic E-state index is -1.01. The van der Waals surface area contributed by atoms with E-state index in [0.717, 1.165) is 22.0 Å². The number of ether oxygens (including phenoxy) is 1. The van der Waals surface area contributed by atoms with Gasteiger partial charge in [-0.25, -0.2) is 0 Å². The highest BCUT2D eigenvalue weighted by molar-refractivity contribution is 9.10. The molecule has 10 nitrogen and oxygen atoms in total. The van der Waals surface area contributed by atoms with Gasteiger partial charge in [-0.3, -0.25) is 19.2 Å². The van der Waals surface area contributed by atoms with Crippen molar-refractivity contribution in [3.05, 3.63) is 75.9 Å². The Bertz CT molecular complexity index is 1600. The Morgan fingerprint density at radius 3 is 2.39 bits per heavy atom. The molecule has 246 valence electrons. The third-order valence-electron chi connectivity index (χ3n) is 8.36. The van der Waals surface area contributed by atoms with Crippen LogP contribution in [0.15, 0.2) is 64.8 Å². The number of cyclic esters (lactones) is 1. The lowest BCUT2D eigenvalue weighted by Crippen LogP contribution is -2.54. The van der Waals surface area contributed by atoms with Crippen molar-refractivity contribution in [2.75, 3.05) is 7.05 Å². The molecule has 46 heavy (non-hydrogen) atoms. The maximum atomic E-state index is 14.2. The van der Waals surface area contributed by atoms with Gasteiger partial charge in [-0.1, -0.05) is 48.9 Å². The number of hydrogen-bond acceptors (Lipinski definition) is 6. The number of halogens is 1. The van der Waals surface area contributed by atoms with Crippen molar-refractivity contribution in [2.24, 2.45) is 5.92 Å². The van der Waals surface area contributed by atoms with E-state index in [4.69, 9.17) is 4.74 Å². The number of carbonyl (C=O) groups excluding carboxylic acids is 4. The van der Waals surface area contributed by atoms with Crippen molar-refractivity contribution in [2.45, 2.75) is 84.0 Å². The van der Waals surface area contributed by atoms with Gasteiger partial charge >= 0.3 is 5.97 Å². The fourth-order valence-electron chi connectivity index (χ4n) is 5.99. The van der Waals surface area contributed by atoms with Gasteiger partial charge in [-0.05, 0) is 84.8 Å². The van der Waals surface area contributed by atoms with Crippen LogP contribution in [0.5, 0.6) is 5.75 Å².